The Hall–Kier alpha value is -4.00. The van der Waals surface area contributed by atoms with Gasteiger partial charge >= 0.3 is 0 Å². The first-order valence-electron chi connectivity index (χ1n) is 11.8. The van der Waals surface area contributed by atoms with Crippen molar-refractivity contribution in [3.63, 3.8) is 0 Å². The highest BCUT2D eigenvalue weighted by atomic mass is 16.2. The van der Waals surface area contributed by atoms with Gasteiger partial charge in [0.05, 0.1) is 23.1 Å². The lowest BCUT2D eigenvalue weighted by Gasteiger charge is -2.35. The molecule has 1 N–H and O–H groups in total. The number of carbonyl (C=O) groups is 1. The smallest absolute Gasteiger partial charge is 0.228 e. The van der Waals surface area contributed by atoms with E-state index in [2.05, 4.69) is 33.4 Å². The minimum atomic E-state index is 0.287. The van der Waals surface area contributed by atoms with Crippen molar-refractivity contribution in [3.05, 3.63) is 72.9 Å². The van der Waals surface area contributed by atoms with E-state index in [-0.39, 0.29) is 5.92 Å². The second-order valence-corrected chi connectivity index (χ2v) is 8.90. The first kappa shape index (κ1) is 20.6. The van der Waals surface area contributed by atoms with Crippen molar-refractivity contribution in [2.75, 3.05) is 36.4 Å². The molecule has 1 aliphatic carbocycles. The van der Waals surface area contributed by atoms with E-state index < -0.39 is 0 Å². The van der Waals surface area contributed by atoms with Crippen LogP contribution in [0.5, 0.6) is 0 Å². The van der Waals surface area contributed by atoms with Crippen LogP contribution in [-0.4, -0.2) is 51.9 Å². The predicted octanol–water partition coefficient (Wildman–Crippen LogP) is 4.49. The Kier molecular flexibility index (Phi) is 5.30. The largest absolute Gasteiger partial charge is 0.353 e. The number of benzene rings is 2. The molecule has 7 nitrogen and oxygen atoms in total. The van der Waals surface area contributed by atoms with Gasteiger partial charge in [-0.25, -0.2) is 15.0 Å². The Morgan fingerprint density at radius 1 is 0.853 bits per heavy atom. The van der Waals surface area contributed by atoms with Crippen LogP contribution in [0, 0.1) is 5.92 Å². The highest BCUT2D eigenvalue weighted by molar-refractivity contribution is 5.93. The summed E-state index contributed by atoms with van der Waals surface area (Å²) in [4.78, 5) is 30.7. The van der Waals surface area contributed by atoms with E-state index in [1.54, 1.807) is 0 Å². The number of nitrogens with one attached hydrogen (secondary N) is 1. The molecule has 2 aromatic heterocycles. The zero-order chi connectivity index (χ0) is 22.9. The third-order valence-electron chi connectivity index (χ3n) is 6.50. The molecule has 1 saturated heterocycles. The summed E-state index contributed by atoms with van der Waals surface area (Å²) < 4.78 is 0. The number of carbonyl (C=O) groups excluding carboxylic acids is 1. The number of pyridine rings is 1. The average Bonchev–Trinajstić information content (AvgIpc) is 3.75. The van der Waals surface area contributed by atoms with Crippen LogP contribution in [0.15, 0.2) is 72.9 Å². The van der Waals surface area contributed by atoms with Crippen molar-refractivity contribution in [3.8, 4) is 11.3 Å². The number of hydrogen-bond donors (Lipinski definition) is 1. The molecule has 0 atom stereocenters. The summed E-state index contributed by atoms with van der Waals surface area (Å²) in [6.45, 7) is 3.16. The second kappa shape index (κ2) is 8.74. The normalized spacial score (nSPS) is 16.0. The standard InChI is InChI=1S/C27H26N6O/c34-26(20-10-11-20)33-16-14-32(15-17-33)24-13-12-21(18-28-24)29-27-30-23-9-5-4-8-22(23)25(31-27)19-6-2-1-3-7-19/h1-9,12-13,18,20H,10-11,14-17H2,(H,29,30,31). The minimum Gasteiger partial charge on any atom is -0.353 e. The first-order chi connectivity index (χ1) is 16.7. The van der Waals surface area contributed by atoms with Crippen molar-refractivity contribution in [2.45, 2.75) is 12.8 Å². The molecule has 0 bridgehead atoms. The second-order valence-electron chi connectivity index (χ2n) is 8.90. The molecule has 6 rings (SSSR count). The van der Waals surface area contributed by atoms with E-state index in [1.165, 1.54) is 0 Å². The fourth-order valence-corrected chi connectivity index (χ4v) is 4.47. The fraction of sp³-hybridized carbons (Fsp3) is 0.259. The molecule has 4 aromatic rings. The molecule has 2 aliphatic rings. The maximum atomic E-state index is 12.3. The number of piperazine rings is 1. The molecule has 1 saturated carbocycles. The molecule has 2 fully saturated rings. The van der Waals surface area contributed by atoms with E-state index in [0.29, 0.717) is 11.9 Å². The topological polar surface area (TPSA) is 74.2 Å². The molecule has 34 heavy (non-hydrogen) atoms. The van der Waals surface area contributed by atoms with Gasteiger partial charge in [-0.1, -0.05) is 48.5 Å². The molecule has 1 aliphatic heterocycles. The SMILES string of the molecule is O=C(C1CC1)N1CCN(c2ccc(Nc3nc(-c4ccccc4)c4ccccc4n3)cn2)CC1. The zero-order valence-electron chi connectivity index (χ0n) is 18.9. The fourth-order valence-electron chi connectivity index (χ4n) is 4.47. The monoisotopic (exact) mass is 450 g/mol. The van der Waals surface area contributed by atoms with E-state index in [1.807, 2.05) is 59.6 Å². The summed E-state index contributed by atoms with van der Waals surface area (Å²) >= 11 is 0. The van der Waals surface area contributed by atoms with E-state index >= 15 is 0 Å². The molecule has 2 aromatic carbocycles. The Balaban J connectivity index is 1.19. The Morgan fingerprint density at radius 2 is 1.62 bits per heavy atom. The van der Waals surface area contributed by atoms with Gasteiger partial charge < -0.3 is 15.1 Å². The van der Waals surface area contributed by atoms with Crippen molar-refractivity contribution < 1.29 is 4.79 Å². The van der Waals surface area contributed by atoms with Crippen LogP contribution in [-0.2, 0) is 4.79 Å². The van der Waals surface area contributed by atoms with Crippen LogP contribution in [0.4, 0.5) is 17.5 Å². The van der Waals surface area contributed by atoms with Crippen molar-refractivity contribution >= 4 is 34.3 Å². The zero-order valence-corrected chi connectivity index (χ0v) is 18.9. The lowest BCUT2D eigenvalue weighted by molar-refractivity contribution is -0.132. The van der Waals surface area contributed by atoms with Crippen LogP contribution < -0.4 is 10.2 Å². The molecular weight excluding hydrogens is 424 g/mol. The maximum absolute atomic E-state index is 12.3. The van der Waals surface area contributed by atoms with E-state index in [4.69, 9.17) is 9.97 Å². The molecule has 1 amide bonds. The van der Waals surface area contributed by atoms with Gasteiger partial charge in [-0.15, -0.1) is 0 Å². The first-order valence-corrected chi connectivity index (χ1v) is 11.8. The van der Waals surface area contributed by atoms with Gasteiger partial charge in [0.25, 0.3) is 0 Å². The van der Waals surface area contributed by atoms with Gasteiger partial charge in [0.1, 0.15) is 5.82 Å². The van der Waals surface area contributed by atoms with Crippen LogP contribution in [0.3, 0.4) is 0 Å². The average molecular weight is 451 g/mol. The number of aromatic nitrogens is 3. The summed E-state index contributed by atoms with van der Waals surface area (Å²) in [5.74, 6) is 2.08. The molecule has 3 heterocycles. The Bertz CT molecular complexity index is 1310. The van der Waals surface area contributed by atoms with Gasteiger partial charge in [-0.3, -0.25) is 4.79 Å². The summed E-state index contributed by atoms with van der Waals surface area (Å²) in [5, 5.41) is 4.34. The van der Waals surface area contributed by atoms with Crippen LogP contribution >= 0.6 is 0 Å². The molecule has 0 unspecified atom stereocenters. The number of fused-ring (bicyclic) bond motifs is 1. The number of anilines is 3. The molecular formula is C27H26N6O. The predicted molar refractivity (Wildman–Crippen MR) is 134 cm³/mol. The molecule has 170 valence electrons. The van der Waals surface area contributed by atoms with Gasteiger partial charge in [-0.2, -0.15) is 0 Å². The number of para-hydroxylation sites is 1. The lowest BCUT2D eigenvalue weighted by Crippen LogP contribution is -2.49. The van der Waals surface area contributed by atoms with E-state index in [0.717, 1.165) is 72.7 Å². The van der Waals surface area contributed by atoms with Crippen molar-refractivity contribution in [1.29, 1.82) is 0 Å². The summed E-state index contributed by atoms with van der Waals surface area (Å²) in [7, 11) is 0. The highest BCUT2D eigenvalue weighted by Crippen LogP contribution is 2.32. The summed E-state index contributed by atoms with van der Waals surface area (Å²) in [6.07, 6.45) is 3.93. The van der Waals surface area contributed by atoms with Gasteiger partial charge in [-0.05, 0) is 31.0 Å². The molecule has 7 heteroatoms. The molecule has 0 radical (unpaired) electrons. The quantitative estimate of drug-likeness (QED) is 0.483. The Labute approximate surface area is 198 Å². The number of rotatable bonds is 5. The maximum Gasteiger partial charge on any atom is 0.228 e. The van der Waals surface area contributed by atoms with Crippen LogP contribution in [0.1, 0.15) is 12.8 Å². The third-order valence-corrected chi connectivity index (χ3v) is 6.50. The summed E-state index contributed by atoms with van der Waals surface area (Å²) in [5.41, 5.74) is 3.68. The van der Waals surface area contributed by atoms with Gasteiger partial charge in [0.2, 0.25) is 11.9 Å². The number of nitrogens with zero attached hydrogens (tertiary/aromatic N) is 5. The Morgan fingerprint density at radius 3 is 2.35 bits per heavy atom. The van der Waals surface area contributed by atoms with Gasteiger partial charge in [0, 0.05) is 43.0 Å². The number of hydrogen-bond acceptors (Lipinski definition) is 6. The highest BCUT2D eigenvalue weighted by Gasteiger charge is 2.34. The lowest BCUT2D eigenvalue weighted by atomic mass is 10.1. The third kappa shape index (κ3) is 4.17. The van der Waals surface area contributed by atoms with Crippen molar-refractivity contribution in [2.24, 2.45) is 5.92 Å². The minimum absolute atomic E-state index is 0.287. The van der Waals surface area contributed by atoms with Crippen molar-refractivity contribution in [1.82, 2.24) is 19.9 Å². The van der Waals surface area contributed by atoms with Gasteiger partial charge in [0.15, 0.2) is 0 Å². The summed E-state index contributed by atoms with van der Waals surface area (Å²) in [6, 6.07) is 22.2. The van der Waals surface area contributed by atoms with Crippen LogP contribution in [0.2, 0.25) is 0 Å². The number of amides is 1. The van der Waals surface area contributed by atoms with Crippen LogP contribution in [0.25, 0.3) is 22.2 Å². The van der Waals surface area contributed by atoms with E-state index in [9.17, 15) is 4.79 Å². The molecule has 0 spiro atoms.